The molecule has 128 valence electrons. The SMILES string of the molecule is O=C1Cc2cc(C(=O)NC(Cc3ccc(O)cc3)C(=O)O)ccc2N1. The Morgan fingerprint density at radius 1 is 1.16 bits per heavy atom. The van der Waals surface area contributed by atoms with E-state index in [2.05, 4.69) is 10.6 Å². The van der Waals surface area contributed by atoms with Crippen molar-refractivity contribution in [3.8, 4) is 5.75 Å². The summed E-state index contributed by atoms with van der Waals surface area (Å²) in [6, 6.07) is 9.77. The number of carboxylic acid groups (broad SMARTS) is 1. The minimum atomic E-state index is -1.15. The number of amides is 2. The summed E-state index contributed by atoms with van der Waals surface area (Å²) < 4.78 is 0. The molecule has 7 nitrogen and oxygen atoms in total. The Balaban J connectivity index is 1.73. The lowest BCUT2D eigenvalue weighted by Gasteiger charge is -2.15. The minimum absolute atomic E-state index is 0.0842. The molecule has 0 saturated carbocycles. The molecule has 0 fully saturated rings. The van der Waals surface area contributed by atoms with Crippen LogP contribution in [0.2, 0.25) is 0 Å². The molecule has 0 aliphatic carbocycles. The standard InChI is InChI=1S/C18H16N2O5/c21-13-4-1-10(2-5-13)7-15(18(24)25)20-17(23)11-3-6-14-12(8-11)9-16(22)19-14/h1-6,8,15,21H,7,9H2,(H,19,22)(H,20,23)(H,24,25). The number of carbonyl (C=O) groups excluding carboxylic acids is 2. The normalized spacial score (nSPS) is 13.7. The Bertz CT molecular complexity index is 845. The smallest absolute Gasteiger partial charge is 0.326 e. The highest BCUT2D eigenvalue weighted by atomic mass is 16.4. The molecular weight excluding hydrogens is 324 g/mol. The van der Waals surface area contributed by atoms with Crippen LogP contribution >= 0.6 is 0 Å². The molecule has 4 N–H and O–H groups in total. The van der Waals surface area contributed by atoms with Crippen LogP contribution in [0.4, 0.5) is 5.69 Å². The third-order valence-corrected chi connectivity index (χ3v) is 3.97. The van der Waals surface area contributed by atoms with Gasteiger partial charge in [-0.25, -0.2) is 4.79 Å². The fourth-order valence-corrected chi connectivity index (χ4v) is 2.68. The van der Waals surface area contributed by atoms with E-state index in [-0.39, 0.29) is 24.5 Å². The molecule has 2 aromatic rings. The maximum absolute atomic E-state index is 12.4. The number of phenolic OH excluding ortho intramolecular Hbond substituents is 1. The van der Waals surface area contributed by atoms with E-state index in [1.54, 1.807) is 30.3 Å². The largest absolute Gasteiger partial charge is 0.508 e. The number of benzene rings is 2. The molecule has 2 amide bonds. The predicted molar refractivity (Wildman–Crippen MR) is 89.5 cm³/mol. The molecule has 1 heterocycles. The summed E-state index contributed by atoms with van der Waals surface area (Å²) in [4.78, 5) is 35.2. The van der Waals surface area contributed by atoms with E-state index in [0.717, 1.165) is 0 Å². The van der Waals surface area contributed by atoms with E-state index in [1.807, 2.05) is 0 Å². The maximum Gasteiger partial charge on any atom is 0.326 e. The molecule has 1 aliphatic heterocycles. The van der Waals surface area contributed by atoms with Gasteiger partial charge in [0.2, 0.25) is 5.91 Å². The van der Waals surface area contributed by atoms with Crippen molar-refractivity contribution in [2.45, 2.75) is 18.9 Å². The second kappa shape index (κ2) is 6.64. The maximum atomic E-state index is 12.4. The van der Waals surface area contributed by atoms with Crippen molar-refractivity contribution in [3.05, 3.63) is 59.2 Å². The molecule has 0 spiro atoms. The van der Waals surface area contributed by atoms with E-state index < -0.39 is 17.9 Å². The van der Waals surface area contributed by atoms with Crippen LogP contribution in [0, 0.1) is 0 Å². The molecule has 1 unspecified atom stereocenters. The summed E-state index contributed by atoms with van der Waals surface area (Å²) in [5.41, 5.74) is 2.35. The van der Waals surface area contributed by atoms with E-state index >= 15 is 0 Å². The monoisotopic (exact) mass is 340 g/mol. The van der Waals surface area contributed by atoms with Gasteiger partial charge in [-0.15, -0.1) is 0 Å². The average Bonchev–Trinajstić information content (AvgIpc) is 2.95. The van der Waals surface area contributed by atoms with Crippen molar-refractivity contribution in [1.29, 1.82) is 0 Å². The highest BCUT2D eigenvalue weighted by Gasteiger charge is 2.23. The summed E-state index contributed by atoms with van der Waals surface area (Å²) in [5, 5.41) is 23.8. The number of hydrogen-bond donors (Lipinski definition) is 4. The lowest BCUT2D eigenvalue weighted by atomic mass is 10.0. The third kappa shape index (κ3) is 3.77. The van der Waals surface area contributed by atoms with Gasteiger partial charge in [0.05, 0.1) is 6.42 Å². The number of carboxylic acids is 1. The second-order valence-electron chi connectivity index (χ2n) is 5.83. The number of rotatable bonds is 5. The quantitative estimate of drug-likeness (QED) is 0.655. The number of hydrogen-bond acceptors (Lipinski definition) is 4. The van der Waals surface area contributed by atoms with Crippen molar-refractivity contribution < 1.29 is 24.6 Å². The zero-order valence-electron chi connectivity index (χ0n) is 13.2. The van der Waals surface area contributed by atoms with Crippen molar-refractivity contribution in [3.63, 3.8) is 0 Å². The van der Waals surface area contributed by atoms with Crippen LogP contribution in [0.3, 0.4) is 0 Å². The molecule has 1 atom stereocenters. The Labute approximate surface area is 143 Å². The zero-order valence-corrected chi connectivity index (χ0v) is 13.2. The molecule has 25 heavy (non-hydrogen) atoms. The van der Waals surface area contributed by atoms with Gasteiger partial charge in [-0.3, -0.25) is 9.59 Å². The first-order valence-corrected chi connectivity index (χ1v) is 7.67. The molecular formula is C18H16N2O5. The number of aromatic hydroxyl groups is 1. The van der Waals surface area contributed by atoms with Gasteiger partial charge in [0.15, 0.2) is 0 Å². The number of phenols is 1. The lowest BCUT2D eigenvalue weighted by Crippen LogP contribution is -2.42. The van der Waals surface area contributed by atoms with Crippen molar-refractivity contribution in [2.24, 2.45) is 0 Å². The fraction of sp³-hybridized carbons (Fsp3) is 0.167. The van der Waals surface area contributed by atoms with Gasteiger partial charge in [0, 0.05) is 17.7 Å². The first-order valence-electron chi connectivity index (χ1n) is 7.67. The zero-order chi connectivity index (χ0) is 18.0. The highest BCUT2D eigenvalue weighted by molar-refractivity contribution is 6.02. The van der Waals surface area contributed by atoms with Gasteiger partial charge in [0.25, 0.3) is 5.91 Å². The molecule has 0 bridgehead atoms. The van der Waals surface area contributed by atoms with E-state index in [1.165, 1.54) is 12.1 Å². The molecule has 3 rings (SSSR count). The van der Waals surface area contributed by atoms with Crippen LogP contribution in [-0.2, 0) is 22.4 Å². The van der Waals surface area contributed by atoms with Crippen LogP contribution in [0.15, 0.2) is 42.5 Å². The van der Waals surface area contributed by atoms with E-state index in [9.17, 15) is 24.6 Å². The first-order chi connectivity index (χ1) is 11.9. The van der Waals surface area contributed by atoms with Crippen molar-refractivity contribution in [2.75, 3.05) is 5.32 Å². The lowest BCUT2D eigenvalue weighted by molar-refractivity contribution is -0.139. The second-order valence-corrected chi connectivity index (χ2v) is 5.83. The Morgan fingerprint density at radius 2 is 1.88 bits per heavy atom. The minimum Gasteiger partial charge on any atom is -0.508 e. The Morgan fingerprint density at radius 3 is 2.56 bits per heavy atom. The van der Waals surface area contributed by atoms with E-state index in [4.69, 9.17) is 0 Å². The van der Waals surface area contributed by atoms with Crippen molar-refractivity contribution >= 4 is 23.5 Å². The van der Waals surface area contributed by atoms with Crippen LogP contribution in [-0.4, -0.2) is 34.0 Å². The number of anilines is 1. The number of nitrogens with one attached hydrogen (secondary N) is 2. The van der Waals surface area contributed by atoms with Crippen LogP contribution in [0.1, 0.15) is 21.5 Å². The molecule has 7 heteroatoms. The number of fused-ring (bicyclic) bond motifs is 1. The summed E-state index contributed by atoms with van der Waals surface area (Å²) in [6.45, 7) is 0. The predicted octanol–water partition coefficient (Wildman–Crippen LogP) is 1.31. The van der Waals surface area contributed by atoms with Crippen LogP contribution in [0.25, 0.3) is 0 Å². The topological polar surface area (TPSA) is 116 Å². The molecule has 0 saturated heterocycles. The average molecular weight is 340 g/mol. The molecule has 1 aliphatic rings. The van der Waals surface area contributed by atoms with Gasteiger partial charge in [0.1, 0.15) is 11.8 Å². The van der Waals surface area contributed by atoms with Gasteiger partial charge in [-0.05, 0) is 41.5 Å². The van der Waals surface area contributed by atoms with Gasteiger partial charge in [-0.1, -0.05) is 12.1 Å². The van der Waals surface area contributed by atoms with Crippen LogP contribution < -0.4 is 10.6 Å². The number of carbonyl (C=O) groups is 3. The van der Waals surface area contributed by atoms with Crippen molar-refractivity contribution in [1.82, 2.24) is 5.32 Å². The summed E-state index contributed by atoms with van der Waals surface area (Å²) in [7, 11) is 0. The first kappa shape index (κ1) is 16.5. The van der Waals surface area contributed by atoms with E-state index in [0.29, 0.717) is 22.4 Å². The summed E-state index contributed by atoms with van der Waals surface area (Å²) >= 11 is 0. The molecule has 0 radical (unpaired) electrons. The number of aliphatic carboxylic acids is 1. The Hall–Kier alpha value is -3.35. The summed E-state index contributed by atoms with van der Waals surface area (Å²) in [6.07, 6.45) is 0.290. The molecule has 0 aromatic heterocycles. The summed E-state index contributed by atoms with van der Waals surface area (Å²) in [5.74, 6) is -1.72. The highest BCUT2D eigenvalue weighted by Crippen LogP contribution is 2.23. The van der Waals surface area contributed by atoms with Gasteiger partial charge < -0.3 is 20.8 Å². The fourth-order valence-electron chi connectivity index (χ4n) is 2.68. The van der Waals surface area contributed by atoms with Gasteiger partial charge >= 0.3 is 5.97 Å². The van der Waals surface area contributed by atoms with Crippen LogP contribution in [0.5, 0.6) is 5.75 Å². The Kier molecular flexibility index (Phi) is 4.38. The third-order valence-electron chi connectivity index (χ3n) is 3.97. The molecule has 2 aromatic carbocycles. The van der Waals surface area contributed by atoms with Gasteiger partial charge in [-0.2, -0.15) is 0 Å².